The molecule has 1 heterocycles. The Balaban J connectivity index is 2.12. The van der Waals surface area contributed by atoms with Gasteiger partial charge in [-0.1, -0.05) is 35.0 Å². The minimum Gasteiger partial charge on any atom is -0.493 e. The van der Waals surface area contributed by atoms with Crippen molar-refractivity contribution >= 4 is 11.6 Å². The van der Waals surface area contributed by atoms with Gasteiger partial charge in [0.25, 0.3) is 0 Å². The third-order valence-electron chi connectivity index (χ3n) is 3.72. The zero-order chi connectivity index (χ0) is 17.1. The van der Waals surface area contributed by atoms with Crippen LogP contribution in [-0.4, -0.2) is 24.5 Å². The Bertz CT molecular complexity index is 860. The topological polar surface area (TPSA) is 64.7 Å². The summed E-state index contributed by atoms with van der Waals surface area (Å²) >= 11 is 6.23. The van der Waals surface area contributed by atoms with Gasteiger partial charge in [0, 0.05) is 11.1 Å². The standard InChI is InChI=1S/C18H16ClNO4/c1-22-15-8-7-11(9-16(15)23-2)18-13(10-21)17(20-24-18)12-5-3-4-6-14(12)19/h3-9,21H,10H2,1-2H3. The summed E-state index contributed by atoms with van der Waals surface area (Å²) in [6.07, 6.45) is 0. The predicted octanol–water partition coefficient (Wildman–Crippen LogP) is 4.17. The second-order valence-electron chi connectivity index (χ2n) is 5.05. The van der Waals surface area contributed by atoms with Crippen molar-refractivity contribution in [3.8, 4) is 34.1 Å². The molecule has 3 aromatic rings. The van der Waals surface area contributed by atoms with Gasteiger partial charge in [0.1, 0.15) is 5.69 Å². The normalized spacial score (nSPS) is 10.7. The summed E-state index contributed by atoms with van der Waals surface area (Å²) in [5.41, 5.74) is 2.52. The molecule has 0 saturated carbocycles. The molecule has 0 unspecified atom stereocenters. The Labute approximate surface area is 144 Å². The summed E-state index contributed by atoms with van der Waals surface area (Å²) in [6.45, 7) is -0.228. The van der Waals surface area contributed by atoms with E-state index in [2.05, 4.69) is 5.16 Å². The smallest absolute Gasteiger partial charge is 0.173 e. The predicted molar refractivity (Wildman–Crippen MR) is 91.4 cm³/mol. The highest BCUT2D eigenvalue weighted by atomic mass is 35.5. The van der Waals surface area contributed by atoms with Crippen LogP contribution in [0.3, 0.4) is 0 Å². The van der Waals surface area contributed by atoms with Crippen molar-refractivity contribution < 1.29 is 19.1 Å². The minimum atomic E-state index is -0.228. The molecule has 3 rings (SSSR count). The first kappa shape index (κ1) is 16.4. The summed E-state index contributed by atoms with van der Waals surface area (Å²) in [6, 6.07) is 12.6. The van der Waals surface area contributed by atoms with Crippen LogP contribution in [0.2, 0.25) is 5.02 Å². The zero-order valence-electron chi connectivity index (χ0n) is 13.2. The summed E-state index contributed by atoms with van der Waals surface area (Å²) in [5, 5.41) is 14.5. The van der Waals surface area contributed by atoms with E-state index < -0.39 is 0 Å². The van der Waals surface area contributed by atoms with Gasteiger partial charge in [-0.05, 0) is 24.3 Å². The molecule has 0 atom stereocenters. The second kappa shape index (κ2) is 6.95. The quantitative estimate of drug-likeness (QED) is 0.751. The molecule has 0 aliphatic rings. The van der Waals surface area contributed by atoms with E-state index in [0.29, 0.717) is 39.1 Å². The molecule has 124 valence electrons. The molecule has 0 saturated heterocycles. The number of methoxy groups -OCH3 is 2. The highest BCUT2D eigenvalue weighted by Crippen LogP contribution is 2.38. The van der Waals surface area contributed by atoms with Crippen molar-refractivity contribution in [1.82, 2.24) is 5.16 Å². The number of aliphatic hydroxyl groups excluding tert-OH is 1. The van der Waals surface area contributed by atoms with Crippen molar-refractivity contribution in [3.63, 3.8) is 0 Å². The molecule has 5 nitrogen and oxygen atoms in total. The number of aliphatic hydroxyl groups is 1. The lowest BCUT2D eigenvalue weighted by molar-refractivity contribution is 0.281. The number of hydrogen-bond acceptors (Lipinski definition) is 5. The Morgan fingerprint density at radius 3 is 2.50 bits per heavy atom. The molecule has 0 spiro atoms. The van der Waals surface area contributed by atoms with Gasteiger partial charge in [-0.25, -0.2) is 0 Å². The molecule has 0 aliphatic heterocycles. The minimum absolute atomic E-state index is 0.228. The molecular formula is C18H16ClNO4. The van der Waals surface area contributed by atoms with Gasteiger partial charge in [-0.3, -0.25) is 0 Å². The Kier molecular flexibility index (Phi) is 4.74. The van der Waals surface area contributed by atoms with E-state index in [1.165, 1.54) is 0 Å². The van der Waals surface area contributed by atoms with Crippen LogP contribution in [0.5, 0.6) is 11.5 Å². The van der Waals surface area contributed by atoms with Crippen LogP contribution >= 0.6 is 11.6 Å². The maximum absolute atomic E-state index is 9.83. The number of halogens is 1. The molecule has 2 aromatic carbocycles. The lowest BCUT2D eigenvalue weighted by Crippen LogP contribution is -1.92. The number of nitrogens with zero attached hydrogens (tertiary/aromatic N) is 1. The van der Waals surface area contributed by atoms with Crippen molar-refractivity contribution in [2.24, 2.45) is 0 Å². The second-order valence-corrected chi connectivity index (χ2v) is 5.45. The fourth-order valence-electron chi connectivity index (χ4n) is 2.53. The van der Waals surface area contributed by atoms with Gasteiger partial charge >= 0.3 is 0 Å². The maximum atomic E-state index is 9.83. The van der Waals surface area contributed by atoms with Crippen molar-refractivity contribution in [3.05, 3.63) is 53.1 Å². The van der Waals surface area contributed by atoms with E-state index in [1.54, 1.807) is 32.4 Å². The average molecular weight is 346 g/mol. The van der Waals surface area contributed by atoms with E-state index in [0.717, 1.165) is 5.56 Å². The number of aromatic nitrogens is 1. The Morgan fingerprint density at radius 1 is 1.08 bits per heavy atom. The van der Waals surface area contributed by atoms with E-state index in [-0.39, 0.29) is 6.61 Å². The van der Waals surface area contributed by atoms with E-state index in [4.69, 9.17) is 25.6 Å². The van der Waals surface area contributed by atoms with E-state index in [1.807, 2.05) is 24.3 Å². The van der Waals surface area contributed by atoms with Gasteiger partial charge in [-0.2, -0.15) is 0 Å². The molecule has 0 aliphatic carbocycles. The van der Waals surface area contributed by atoms with Crippen LogP contribution < -0.4 is 9.47 Å². The summed E-state index contributed by atoms with van der Waals surface area (Å²) < 4.78 is 16.0. The summed E-state index contributed by atoms with van der Waals surface area (Å²) in [7, 11) is 3.13. The van der Waals surface area contributed by atoms with Crippen LogP contribution in [0, 0.1) is 0 Å². The third kappa shape index (κ3) is 2.84. The van der Waals surface area contributed by atoms with Crippen LogP contribution in [0.4, 0.5) is 0 Å². The van der Waals surface area contributed by atoms with Crippen LogP contribution in [0.1, 0.15) is 5.56 Å². The average Bonchev–Trinajstić information content (AvgIpc) is 3.05. The van der Waals surface area contributed by atoms with Gasteiger partial charge < -0.3 is 19.1 Å². The fourth-order valence-corrected chi connectivity index (χ4v) is 2.75. The molecule has 6 heteroatoms. The summed E-state index contributed by atoms with van der Waals surface area (Å²) in [5.74, 6) is 1.64. The fraction of sp³-hybridized carbons (Fsp3) is 0.167. The Hall–Kier alpha value is -2.50. The maximum Gasteiger partial charge on any atom is 0.173 e. The molecule has 0 amide bonds. The molecular weight excluding hydrogens is 330 g/mol. The lowest BCUT2D eigenvalue weighted by Gasteiger charge is -2.09. The van der Waals surface area contributed by atoms with Gasteiger partial charge in [0.05, 0.1) is 31.4 Å². The van der Waals surface area contributed by atoms with Crippen LogP contribution in [-0.2, 0) is 6.61 Å². The summed E-state index contributed by atoms with van der Waals surface area (Å²) in [4.78, 5) is 0. The van der Waals surface area contributed by atoms with Crippen molar-refractivity contribution in [1.29, 1.82) is 0 Å². The number of rotatable bonds is 5. The van der Waals surface area contributed by atoms with Crippen LogP contribution in [0.25, 0.3) is 22.6 Å². The third-order valence-corrected chi connectivity index (χ3v) is 4.05. The van der Waals surface area contributed by atoms with Gasteiger partial charge in [-0.15, -0.1) is 0 Å². The molecule has 24 heavy (non-hydrogen) atoms. The monoisotopic (exact) mass is 345 g/mol. The molecule has 0 bridgehead atoms. The number of ether oxygens (including phenoxy) is 2. The Morgan fingerprint density at radius 2 is 1.83 bits per heavy atom. The van der Waals surface area contributed by atoms with Crippen molar-refractivity contribution in [2.45, 2.75) is 6.61 Å². The number of hydrogen-bond donors (Lipinski definition) is 1. The number of benzene rings is 2. The highest BCUT2D eigenvalue weighted by Gasteiger charge is 2.21. The molecule has 0 radical (unpaired) electrons. The first-order valence-electron chi connectivity index (χ1n) is 7.26. The highest BCUT2D eigenvalue weighted by molar-refractivity contribution is 6.33. The first-order chi connectivity index (χ1) is 11.7. The van der Waals surface area contributed by atoms with E-state index in [9.17, 15) is 5.11 Å². The first-order valence-corrected chi connectivity index (χ1v) is 7.64. The molecule has 0 fully saturated rings. The zero-order valence-corrected chi connectivity index (χ0v) is 14.0. The van der Waals surface area contributed by atoms with Crippen LogP contribution in [0.15, 0.2) is 47.0 Å². The van der Waals surface area contributed by atoms with Crippen molar-refractivity contribution in [2.75, 3.05) is 14.2 Å². The van der Waals surface area contributed by atoms with Gasteiger partial charge in [0.15, 0.2) is 17.3 Å². The molecule has 1 N–H and O–H groups in total. The largest absolute Gasteiger partial charge is 0.493 e. The van der Waals surface area contributed by atoms with Gasteiger partial charge in [0.2, 0.25) is 0 Å². The van der Waals surface area contributed by atoms with E-state index >= 15 is 0 Å². The SMILES string of the molecule is COc1ccc(-c2onc(-c3ccccc3Cl)c2CO)cc1OC. The lowest BCUT2D eigenvalue weighted by atomic mass is 10.0. The molecule has 1 aromatic heterocycles.